The molecule has 0 rings (SSSR count). The summed E-state index contributed by atoms with van der Waals surface area (Å²) in [4.78, 5) is 0. The highest BCUT2D eigenvalue weighted by Gasteiger charge is 2.07. The summed E-state index contributed by atoms with van der Waals surface area (Å²) in [6.07, 6.45) is 0. The van der Waals surface area contributed by atoms with Crippen LogP contribution in [0.25, 0.3) is 0 Å². The van der Waals surface area contributed by atoms with Gasteiger partial charge >= 0.3 is 7.92 Å². The molecule has 0 saturated heterocycles. The van der Waals surface area contributed by atoms with E-state index in [1.54, 1.807) is 0 Å². The van der Waals surface area contributed by atoms with E-state index in [4.69, 9.17) is 3.79 Å². The maximum absolute atomic E-state index is 5.15. The lowest BCUT2D eigenvalue weighted by molar-refractivity contribution is 0.372. The van der Waals surface area contributed by atoms with E-state index in [9.17, 15) is 0 Å². The highest BCUT2D eigenvalue weighted by molar-refractivity contribution is 14.3. The molecule has 0 atom stereocenters. The van der Waals surface area contributed by atoms with Crippen molar-refractivity contribution in [2.45, 2.75) is 6.92 Å². The first kappa shape index (κ1) is 7.95. The Morgan fingerprint density at radius 2 is 2.17 bits per heavy atom. The van der Waals surface area contributed by atoms with E-state index in [1.165, 1.54) is 0 Å². The zero-order valence-corrected chi connectivity index (χ0v) is 8.92. The van der Waals surface area contributed by atoms with E-state index in [2.05, 4.69) is 40.5 Å². The molecule has 0 aliphatic rings. The normalized spacial score (nSPS) is 8.50. The Morgan fingerprint density at radius 1 is 1.67 bits per heavy atom. The largest absolute Gasteiger partial charge is 0.639 e. The number of rotatable bonds is 2. The highest BCUT2D eigenvalue weighted by Crippen LogP contribution is 2.03. The molecule has 6 heavy (non-hydrogen) atoms. The zero-order chi connectivity index (χ0) is 4.99. The molecule has 0 aromatic rings. The number of hydrogen-bond acceptors (Lipinski definition) is 1. The third kappa shape index (κ3) is 5.95. The molecule has 0 N–H and O–H groups in total. The summed E-state index contributed by atoms with van der Waals surface area (Å²) in [6, 6.07) is 0. The SMILES string of the molecule is CC[O][Al]([I])[I]. The summed E-state index contributed by atoms with van der Waals surface area (Å²) in [5.41, 5.74) is 0. The van der Waals surface area contributed by atoms with E-state index in [-0.39, 0.29) is 0 Å². The predicted molar refractivity (Wildman–Crippen MR) is 45.4 cm³/mol. The Hall–Kier alpha value is 1.95. The number of halogens is 2. The van der Waals surface area contributed by atoms with Crippen LogP contribution in [-0.4, -0.2) is 14.5 Å². The summed E-state index contributed by atoms with van der Waals surface area (Å²) in [5.74, 6) is 0. The fourth-order valence-electron chi connectivity index (χ4n) is 0.126. The molecule has 0 fully saturated rings. The Kier molecular flexibility index (Phi) is 6.75. The second kappa shape index (κ2) is 5.10. The summed E-state index contributed by atoms with van der Waals surface area (Å²) in [5, 5.41) is 0. The first-order chi connectivity index (χ1) is 2.77. The summed E-state index contributed by atoms with van der Waals surface area (Å²) >= 11 is 4.69. The maximum atomic E-state index is 5.15. The minimum atomic E-state index is -0.731. The van der Waals surface area contributed by atoms with Crippen LogP contribution in [0.4, 0.5) is 0 Å². The smallest absolute Gasteiger partial charge is 0.485 e. The van der Waals surface area contributed by atoms with Crippen LogP contribution in [0.2, 0.25) is 0 Å². The van der Waals surface area contributed by atoms with Crippen LogP contribution in [0.5, 0.6) is 0 Å². The van der Waals surface area contributed by atoms with Crippen molar-refractivity contribution in [3.63, 3.8) is 0 Å². The fraction of sp³-hybridized carbons (Fsp3) is 1.00. The molecular weight excluding hydrogens is 321 g/mol. The van der Waals surface area contributed by atoms with Gasteiger partial charge in [0.15, 0.2) is 0 Å². The molecule has 0 amide bonds. The van der Waals surface area contributed by atoms with Gasteiger partial charge < -0.3 is 3.79 Å². The molecule has 0 bridgehead atoms. The average Bonchev–Trinajstić information content (AvgIpc) is 1.35. The Balaban J connectivity index is 2.63. The molecule has 0 aliphatic carbocycles. The van der Waals surface area contributed by atoms with Crippen LogP contribution in [0.3, 0.4) is 0 Å². The third-order valence-corrected chi connectivity index (χ3v) is 3.04. The minimum absolute atomic E-state index is 0.731. The summed E-state index contributed by atoms with van der Waals surface area (Å²) in [7, 11) is -0.731. The van der Waals surface area contributed by atoms with E-state index in [0.717, 1.165) is 6.61 Å². The topological polar surface area (TPSA) is 9.23 Å². The van der Waals surface area contributed by atoms with Crippen LogP contribution in [0, 0.1) is 0 Å². The third-order valence-electron chi connectivity index (χ3n) is 0.293. The standard InChI is InChI=1S/C2H5O.Al.2HI/c1-2-3;;;/h2H2,1H3;;2*1H/q-1;+3;;/p-2. The molecule has 0 heterocycles. The lowest BCUT2D eigenvalue weighted by Crippen LogP contribution is -1.97. The van der Waals surface area contributed by atoms with Crippen LogP contribution in [0.15, 0.2) is 0 Å². The highest BCUT2D eigenvalue weighted by atomic mass is 127. The lowest BCUT2D eigenvalue weighted by Gasteiger charge is -1.91. The summed E-state index contributed by atoms with van der Waals surface area (Å²) in [6.45, 7) is 2.90. The van der Waals surface area contributed by atoms with Crippen LogP contribution in [0.1, 0.15) is 6.92 Å². The number of hydrogen-bond donors (Lipinski definition) is 0. The molecule has 0 radical (unpaired) electrons. The first-order valence-electron chi connectivity index (χ1n) is 1.67. The van der Waals surface area contributed by atoms with Gasteiger partial charge in [0.25, 0.3) is 0 Å². The molecule has 4 heteroatoms. The summed E-state index contributed by atoms with van der Waals surface area (Å²) < 4.78 is 5.15. The molecule has 0 aromatic carbocycles. The Labute approximate surface area is 64.9 Å². The van der Waals surface area contributed by atoms with Gasteiger partial charge in [-0.05, 0) is 6.92 Å². The molecule has 0 saturated carbocycles. The average molecular weight is 326 g/mol. The molecule has 1 nitrogen and oxygen atoms in total. The van der Waals surface area contributed by atoms with Crippen molar-refractivity contribution >= 4 is 48.5 Å². The minimum Gasteiger partial charge on any atom is -0.485 e. The maximum Gasteiger partial charge on any atom is 0.639 e. The van der Waals surface area contributed by atoms with E-state index >= 15 is 0 Å². The lowest BCUT2D eigenvalue weighted by atomic mass is 10.9. The Morgan fingerprint density at radius 3 is 2.17 bits per heavy atom. The van der Waals surface area contributed by atoms with E-state index in [1.807, 2.05) is 6.92 Å². The molecular formula is C2H5AlI2O. The van der Waals surface area contributed by atoms with Gasteiger partial charge in [-0.25, -0.2) is 0 Å². The van der Waals surface area contributed by atoms with Crippen LogP contribution >= 0.6 is 40.5 Å². The van der Waals surface area contributed by atoms with Gasteiger partial charge in [-0.15, -0.1) is 0 Å². The molecule has 0 unspecified atom stereocenters. The zero-order valence-electron chi connectivity index (χ0n) is 3.45. The second-order valence-electron chi connectivity index (χ2n) is 0.716. The van der Waals surface area contributed by atoms with Crippen molar-refractivity contribution in [3.05, 3.63) is 0 Å². The molecule has 36 valence electrons. The fourth-order valence-corrected chi connectivity index (χ4v) is 2.54. The molecule has 0 aromatic heterocycles. The van der Waals surface area contributed by atoms with Gasteiger partial charge in [-0.1, -0.05) is 0 Å². The van der Waals surface area contributed by atoms with Crippen molar-refractivity contribution in [3.8, 4) is 0 Å². The van der Waals surface area contributed by atoms with Gasteiger partial charge in [0.2, 0.25) is 0 Å². The van der Waals surface area contributed by atoms with Crippen molar-refractivity contribution in [1.29, 1.82) is 0 Å². The Bertz CT molecular complexity index is 32.7. The van der Waals surface area contributed by atoms with Gasteiger partial charge in [-0.2, -0.15) is 40.5 Å². The quantitative estimate of drug-likeness (QED) is 0.556. The molecule has 0 aliphatic heterocycles. The van der Waals surface area contributed by atoms with Crippen molar-refractivity contribution in [2.75, 3.05) is 6.61 Å². The van der Waals surface area contributed by atoms with Gasteiger partial charge in [0.05, 0.1) is 0 Å². The van der Waals surface area contributed by atoms with E-state index < -0.39 is 7.92 Å². The van der Waals surface area contributed by atoms with Gasteiger partial charge in [0, 0.05) is 6.61 Å². The van der Waals surface area contributed by atoms with E-state index in [0.29, 0.717) is 0 Å². The van der Waals surface area contributed by atoms with Crippen LogP contribution < -0.4 is 0 Å². The van der Waals surface area contributed by atoms with Gasteiger partial charge in [0.1, 0.15) is 0 Å². The predicted octanol–water partition coefficient (Wildman–Crippen LogP) is 1.88. The van der Waals surface area contributed by atoms with Crippen LogP contribution in [-0.2, 0) is 3.79 Å². The second-order valence-corrected chi connectivity index (χ2v) is 15.5. The monoisotopic (exact) mass is 326 g/mol. The van der Waals surface area contributed by atoms with Crippen molar-refractivity contribution in [2.24, 2.45) is 0 Å². The molecule has 0 spiro atoms. The first-order valence-corrected chi connectivity index (χ1v) is 10.5. The van der Waals surface area contributed by atoms with Gasteiger partial charge in [-0.3, -0.25) is 0 Å². The van der Waals surface area contributed by atoms with Crippen molar-refractivity contribution in [1.82, 2.24) is 0 Å². The van der Waals surface area contributed by atoms with Crippen molar-refractivity contribution < 1.29 is 3.79 Å².